The van der Waals surface area contributed by atoms with Crippen LogP contribution < -0.4 is 0 Å². The highest BCUT2D eigenvalue weighted by Crippen LogP contribution is 2.38. The second-order valence-electron chi connectivity index (χ2n) is 3.65. The number of fused-ring (bicyclic) bond motifs is 1. The Balaban J connectivity index is 1.98. The molecule has 1 amide bonds. The monoisotopic (exact) mass is 157 g/mol. The van der Waals surface area contributed by atoms with Crippen molar-refractivity contribution < 1.29 is 9.18 Å². The summed E-state index contributed by atoms with van der Waals surface area (Å²) in [6, 6.07) is 0. The van der Waals surface area contributed by atoms with E-state index in [0.717, 1.165) is 19.5 Å². The van der Waals surface area contributed by atoms with E-state index in [9.17, 15) is 9.18 Å². The first-order chi connectivity index (χ1) is 5.29. The molecule has 11 heavy (non-hydrogen) atoms. The largest absolute Gasteiger partial charge is 0.345 e. The molecule has 2 unspecified atom stereocenters. The van der Waals surface area contributed by atoms with E-state index in [1.54, 1.807) is 4.90 Å². The lowest BCUT2D eigenvalue weighted by Gasteiger charge is -2.09. The Labute approximate surface area is 65.4 Å². The Bertz CT molecular complexity index is 159. The molecule has 1 saturated carbocycles. The zero-order chi connectivity index (χ0) is 7.84. The van der Waals surface area contributed by atoms with Crippen molar-refractivity contribution in [2.45, 2.75) is 19.0 Å². The zero-order valence-corrected chi connectivity index (χ0v) is 6.37. The molecular formula is C8H12FNO. The minimum atomic E-state index is -0.598. The van der Waals surface area contributed by atoms with Crippen LogP contribution in [0.15, 0.2) is 0 Å². The quantitative estimate of drug-likeness (QED) is 0.516. The van der Waals surface area contributed by atoms with Crippen molar-refractivity contribution in [1.29, 1.82) is 0 Å². The molecule has 0 aromatic rings. The van der Waals surface area contributed by atoms with Gasteiger partial charge in [0.2, 0.25) is 6.41 Å². The van der Waals surface area contributed by atoms with Gasteiger partial charge in [0.1, 0.15) is 6.17 Å². The summed E-state index contributed by atoms with van der Waals surface area (Å²) < 4.78 is 12.8. The number of amides is 1. The van der Waals surface area contributed by atoms with Crippen molar-refractivity contribution in [3.05, 3.63) is 0 Å². The first-order valence-electron chi connectivity index (χ1n) is 4.13. The van der Waals surface area contributed by atoms with Gasteiger partial charge < -0.3 is 4.90 Å². The molecule has 2 fully saturated rings. The minimum absolute atomic E-state index is 0.454. The van der Waals surface area contributed by atoms with Gasteiger partial charge in [0, 0.05) is 13.1 Å². The fraction of sp³-hybridized carbons (Fsp3) is 0.875. The summed E-state index contributed by atoms with van der Waals surface area (Å²) in [5, 5.41) is 0. The second-order valence-corrected chi connectivity index (χ2v) is 3.65. The Kier molecular flexibility index (Phi) is 1.59. The van der Waals surface area contributed by atoms with E-state index in [-0.39, 0.29) is 0 Å². The number of carbonyl (C=O) groups excluding carboxylic acids is 1. The molecule has 62 valence electrons. The van der Waals surface area contributed by atoms with E-state index >= 15 is 0 Å². The van der Waals surface area contributed by atoms with Crippen molar-refractivity contribution in [1.82, 2.24) is 4.90 Å². The molecule has 1 heterocycles. The summed E-state index contributed by atoms with van der Waals surface area (Å²) in [5.74, 6) is 0.908. The SMILES string of the molecule is O=CN1CC2CC(F)CC2C1. The molecule has 3 heteroatoms. The minimum Gasteiger partial charge on any atom is -0.345 e. The molecule has 1 saturated heterocycles. The lowest BCUT2D eigenvalue weighted by atomic mass is 10.0. The highest BCUT2D eigenvalue weighted by molar-refractivity contribution is 5.47. The molecule has 2 rings (SSSR count). The van der Waals surface area contributed by atoms with E-state index in [0.29, 0.717) is 24.7 Å². The van der Waals surface area contributed by atoms with Crippen LogP contribution in [0.1, 0.15) is 12.8 Å². The molecule has 2 aliphatic rings. The zero-order valence-electron chi connectivity index (χ0n) is 6.37. The second kappa shape index (κ2) is 2.47. The van der Waals surface area contributed by atoms with Crippen molar-refractivity contribution >= 4 is 6.41 Å². The van der Waals surface area contributed by atoms with E-state index in [2.05, 4.69) is 0 Å². The van der Waals surface area contributed by atoms with Gasteiger partial charge >= 0.3 is 0 Å². The molecule has 0 spiro atoms. The van der Waals surface area contributed by atoms with Gasteiger partial charge in [0.05, 0.1) is 0 Å². The number of hydrogen-bond donors (Lipinski definition) is 0. The summed E-state index contributed by atoms with van der Waals surface area (Å²) in [4.78, 5) is 12.1. The average molecular weight is 157 g/mol. The predicted molar refractivity (Wildman–Crippen MR) is 38.7 cm³/mol. The number of alkyl halides is 1. The van der Waals surface area contributed by atoms with Gasteiger partial charge in [-0.25, -0.2) is 4.39 Å². The van der Waals surface area contributed by atoms with Crippen LogP contribution in [-0.2, 0) is 4.79 Å². The van der Waals surface area contributed by atoms with Crippen LogP contribution in [-0.4, -0.2) is 30.6 Å². The van der Waals surface area contributed by atoms with Crippen LogP contribution in [0.3, 0.4) is 0 Å². The van der Waals surface area contributed by atoms with Crippen molar-refractivity contribution in [3.63, 3.8) is 0 Å². The van der Waals surface area contributed by atoms with Crippen LogP contribution in [0, 0.1) is 11.8 Å². The van der Waals surface area contributed by atoms with E-state index < -0.39 is 6.17 Å². The molecule has 1 aliphatic carbocycles. The summed E-state index contributed by atoms with van der Waals surface area (Å²) in [6.45, 7) is 1.57. The van der Waals surface area contributed by atoms with Gasteiger partial charge in [-0.15, -0.1) is 0 Å². The molecule has 0 N–H and O–H groups in total. The Morgan fingerprint density at radius 3 is 2.27 bits per heavy atom. The normalized spacial score (nSPS) is 42.6. The fourth-order valence-electron chi connectivity index (χ4n) is 2.35. The smallest absolute Gasteiger partial charge is 0.209 e. The third-order valence-corrected chi connectivity index (χ3v) is 2.87. The van der Waals surface area contributed by atoms with E-state index in [1.807, 2.05) is 0 Å². The summed E-state index contributed by atoms with van der Waals surface area (Å²) in [7, 11) is 0. The van der Waals surface area contributed by atoms with Crippen molar-refractivity contribution in [2.24, 2.45) is 11.8 Å². The molecule has 1 aliphatic heterocycles. The Morgan fingerprint density at radius 1 is 1.27 bits per heavy atom. The highest BCUT2D eigenvalue weighted by atomic mass is 19.1. The third-order valence-electron chi connectivity index (χ3n) is 2.87. The van der Waals surface area contributed by atoms with E-state index in [1.165, 1.54) is 0 Å². The van der Waals surface area contributed by atoms with Crippen molar-refractivity contribution in [2.75, 3.05) is 13.1 Å². The maximum absolute atomic E-state index is 12.8. The van der Waals surface area contributed by atoms with Gasteiger partial charge in [0.15, 0.2) is 0 Å². The van der Waals surface area contributed by atoms with Crippen LogP contribution in [0.2, 0.25) is 0 Å². The lowest BCUT2D eigenvalue weighted by Crippen LogP contribution is -2.20. The van der Waals surface area contributed by atoms with Crippen LogP contribution in [0.25, 0.3) is 0 Å². The first kappa shape index (κ1) is 7.07. The first-order valence-corrected chi connectivity index (χ1v) is 4.13. The summed E-state index contributed by atoms with van der Waals surface area (Å²) in [5.41, 5.74) is 0. The molecule has 2 nitrogen and oxygen atoms in total. The van der Waals surface area contributed by atoms with Gasteiger partial charge in [-0.05, 0) is 24.7 Å². The number of carbonyl (C=O) groups is 1. The van der Waals surface area contributed by atoms with Gasteiger partial charge in [0.25, 0.3) is 0 Å². The maximum Gasteiger partial charge on any atom is 0.209 e. The highest BCUT2D eigenvalue weighted by Gasteiger charge is 2.40. The lowest BCUT2D eigenvalue weighted by molar-refractivity contribution is -0.117. The van der Waals surface area contributed by atoms with Crippen LogP contribution >= 0.6 is 0 Å². The molecule has 0 aromatic heterocycles. The Morgan fingerprint density at radius 2 is 1.82 bits per heavy atom. The van der Waals surface area contributed by atoms with Crippen LogP contribution in [0.4, 0.5) is 4.39 Å². The number of nitrogens with zero attached hydrogens (tertiary/aromatic N) is 1. The number of likely N-dealkylation sites (tertiary alicyclic amines) is 1. The molecule has 0 aromatic carbocycles. The van der Waals surface area contributed by atoms with Gasteiger partial charge in [-0.1, -0.05) is 0 Å². The van der Waals surface area contributed by atoms with Crippen LogP contribution in [0.5, 0.6) is 0 Å². The molecule has 0 bridgehead atoms. The topological polar surface area (TPSA) is 20.3 Å². The number of halogens is 1. The summed E-state index contributed by atoms with van der Waals surface area (Å²) >= 11 is 0. The molecular weight excluding hydrogens is 145 g/mol. The third kappa shape index (κ3) is 1.12. The summed E-state index contributed by atoms with van der Waals surface area (Å²) in [6.07, 6.45) is 1.63. The number of hydrogen-bond acceptors (Lipinski definition) is 1. The fourth-order valence-corrected chi connectivity index (χ4v) is 2.35. The van der Waals surface area contributed by atoms with Gasteiger partial charge in [-0.3, -0.25) is 4.79 Å². The van der Waals surface area contributed by atoms with Gasteiger partial charge in [-0.2, -0.15) is 0 Å². The van der Waals surface area contributed by atoms with Crippen molar-refractivity contribution in [3.8, 4) is 0 Å². The Hall–Kier alpha value is -0.600. The molecule has 2 atom stereocenters. The predicted octanol–water partition coefficient (Wildman–Crippen LogP) is 0.823. The standard InChI is InChI=1S/C8H12FNO/c9-8-1-6-3-10(5-11)4-7(6)2-8/h5-8H,1-4H2. The van der Waals surface area contributed by atoms with E-state index in [4.69, 9.17) is 0 Å². The maximum atomic E-state index is 12.8. The average Bonchev–Trinajstić information content (AvgIpc) is 2.43. The number of rotatable bonds is 1. The molecule has 0 radical (unpaired) electrons.